The number of nitrogens with zero attached hydrogens (tertiary/aromatic N) is 2. The quantitative estimate of drug-likeness (QED) is 0.919. The molecule has 0 bridgehead atoms. The molecule has 0 unspecified atom stereocenters. The predicted octanol–water partition coefficient (Wildman–Crippen LogP) is 3.19. The van der Waals surface area contributed by atoms with Crippen LogP contribution >= 0.6 is 0 Å². The first-order chi connectivity index (χ1) is 8.95. The van der Waals surface area contributed by atoms with Crippen LogP contribution in [0.25, 0.3) is 11.1 Å². The van der Waals surface area contributed by atoms with Gasteiger partial charge in [0.2, 0.25) is 0 Å². The molecule has 0 saturated heterocycles. The molecule has 1 heterocycles. The van der Waals surface area contributed by atoms with Crippen molar-refractivity contribution >= 4 is 5.97 Å². The number of aromatic carboxylic acids is 1. The van der Waals surface area contributed by atoms with Crippen LogP contribution in [0, 0.1) is 20.8 Å². The van der Waals surface area contributed by atoms with E-state index in [1.807, 2.05) is 44.5 Å². The van der Waals surface area contributed by atoms with Gasteiger partial charge >= 0.3 is 5.97 Å². The zero-order valence-electron chi connectivity index (χ0n) is 11.7. The van der Waals surface area contributed by atoms with Crippen molar-refractivity contribution in [2.45, 2.75) is 34.2 Å². The first-order valence-electron chi connectivity index (χ1n) is 6.34. The number of aryl methyl sites for hydroxylation is 3. The van der Waals surface area contributed by atoms with E-state index in [2.05, 4.69) is 5.10 Å². The molecule has 0 aliphatic carbocycles. The van der Waals surface area contributed by atoms with Crippen molar-refractivity contribution in [1.29, 1.82) is 0 Å². The minimum absolute atomic E-state index is 0.326. The van der Waals surface area contributed by atoms with E-state index in [0.717, 1.165) is 34.6 Å². The second kappa shape index (κ2) is 4.88. The smallest absolute Gasteiger partial charge is 0.336 e. The van der Waals surface area contributed by atoms with E-state index in [-0.39, 0.29) is 0 Å². The molecule has 19 heavy (non-hydrogen) atoms. The average Bonchev–Trinajstić information content (AvgIpc) is 2.63. The van der Waals surface area contributed by atoms with Crippen molar-refractivity contribution in [1.82, 2.24) is 9.78 Å². The van der Waals surface area contributed by atoms with Crippen LogP contribution in [0.3, 0.4) is 0 Å². The number of hydrogen-bond acceptors (Lipinski definition) is 2. The number of hydrogen-bond donors (Lipinski definition) is 1. The van der Waals surface area contributed by atoms with Gasteiger partial charge in [-0.15, -0.1) is 0 Å². The molecule has 1 aromatic heterocycles. The highest BCUT2D eigenvalue weighted by atomic mass is 16.4. The third-order valence-corrected chi connectivity index (χ3v) is 3.36. The molecule has 100 valence electrons. The van der Waals surface area contributed by atoms with Crippen LogP contribution < -0.4 is 0 Å². The maximum absolute atomic E-state index is 11.4. The van der Waals surface area contributed by atoms with E-state index < -0.39 is 5.97 Å². The Labute approximate surface area is 112 Å². The molecule has 0 fully saturated rings. The molecule has 0 aliphatic rings. The van der Waals surface area contributed by atoms with Gasteiger partial charge in [0, 0.05) is 23.4 Å². The van der Waals surface area contributed by atoms with Crippen LogP contribution in [0.4, 0.5) is 0 Å². The van der Waals surface area contributed by atoms with Crippen LogP contribution in [-0.2, 0) is 6.54 Å². The summed E-state index contributed by atoms with van der Waals surface area (Å²) in [6, 6.07) is 5.40. The Morgan fingerprint density at radius 1 is 1.32 bits per heavy atom. The summed E-state index contributed by atoms with van der Waals surface area (Å²) < 4.78 is 1.90. The van der Waals surface area contributed by atoms with Gasteiger partial charge < -0.3 is 5.11 Å². The molecule has 4 heteroatoms. The fourth-order valence-electron chi connectivity index (χ4n) is 2.45. The van der Waals surface area contributed by atoms with Gasteiger partial charge in [-0.1, -0.05) is 17.7 Å². The summed E-state index contributed by atoms with van der Waals surface area (Å²) in [7, 11) is 0. The van der Waals surface area contributed by atoms with Crippen molar-refractivity contribution in [2.24, 2.45) is 0 Å². The molecule has 4 nitrogen and oxygen atoms in total. The van der Waals surface area contributed by atoms with E-state index in [4.69, 9.17) is 0 Å². The summed E-state index contributed by atoms with van der Waals surface area (Å²) >= 11 is 0. The summed E-state index contributed by atoms with van der Waals surface area (Å²) in [6.07, 6.45) is 0. The third kappa shape index (κ3) is 2.26. The van der Waals surface area contributed by atoms with Crippen molar-refractivity contribution in [3.05, 3.63) is 40.7 Å². The standard InChI is InChI=1S/C15H18N2O2/c1-5-17-11(4)14(10(3)16-17)13-8-9(2)6-7-12(13)15(18)19/h6-8H,5H2,1-4H3,(H,18,19). The summed E-state index contributed by atoms with van der Waals surface area (Å²) in [4.78, 5) is 11.4. The van der Waals surface area contributed by atoms with Crippen molar-refractivity contribution in [2.75, 3.05) is 0 Å². The van der Waals surface area contributed by atoms with Gasteiger partial charge in [0.1, 0.15) is 0 Å². The third-order valence-electron chi connectivity index (χ3n) is 3.36. The number of aromatic nitrogens is 2. The summed E-state index contributed by atoms with van der Waals surface area (Å²) in [5.41, 5.74) is 4.93. The van der Waals surface area contributed by atoms with Gasteiger partial charge in [-0.2, -0.15) is 5.10 Å². The summed E-state index contributed by atoms with van der Waals surface area (Å²) in [5.74, 6) is -0.905. The summed E-state index contributed by atoms with van der Waals surface area (Å²) in [6.45, 7) is 8.66. The van der Waals surface area contributed by atoms with Crippen LogP contribution in [-0.4, -0.2) is 20.9 Å². The molecule has 2 aromatic rings. The van der Waals surface area contributed by atoms with Gasteiger partial charge in [-0.05, 0) is 33.8 Å². The number of carboxylic acid groups (broad SMARTS) is 1. The highest BCUT2D eigenvalue weighted by molar-refractivity contribution is 5.97. The molecule has 1 N–H and O–H groups in total. The SMILES string of the molecule is CCn1nc(C)c(-c2cc(C)ccc2C(=O)O)c1C. The molecule has 2 rings (SSSR count). The molecular formula is C15H18N2O2. The van der Waals surface area contributed by atoms with Crippen LogP contribution in [0.5, 0.6) is 0 Å². The monoisotopic (exact) mass is 258 g/mol. The normalized spacial score (nSPS) is 10.7. The van der Waals surface area contributed by atoms with Gasteiger partial charge in [0.05, 0.1) is 11.3 Å². The van der Waals surface area contributed by atoms with E-state index in [1.54, 1.807) is 6.07 Å². The number of benzene rings is 1. The fourth-order valence-corrected chi connectivity index (χ4v) is 2.45. The van der Waals surface area contributed by atoms with E-state index in [1.165, 1.54) is 0 Å². The van der Waals surface area contributed by atoms with Gasteiger partial charge in [0.25, 0.3) is 0 Å². The predicted molar refractivity (Wildman–Crippen MR) is 74.5 cm³/mol. The highest BCUT2D eigenvalue weighted by Crippen LogP contribution is 2.30. The van der Waals surface area contributed by atoms with Crippen molar-refractivity contribution in [3.63, 3.8) is 0 Å². The Hall–Kier alpha value is -2.10. The lowest BCUT2D eigenvalue weighted by molar-refractivity contribution is 0.0698. The Kier molecular flexibility index (Phi) is 3.42. The van der Waals surface area contributed by atoms with Crippen LogP contribution in [0.1, 0.15) is 34.2 Å². The topological polar surface area (TPSA) is 55.1 Å². The number of carbonyl (C=O) groups is 1. The first kappa shape index (κ1) is 13.3. The lowest BCUT2D eigenvalue weighted by atomic mass is 9.96. The molecule has 1 aromatic carbocycles. The maximum atomic E-state index is 11.4. The number of carboxylic acids is 1. The zero-order chi connectivity index (χ0) is 14.2. The van der Waals surface area contributed by atoms with E-state index >= 15 is 0 Å². The largest absolute Gasteiger partial charge is 0.478 e. The van der Waals surface area contributed by atoms with E-state index in [9.17, 15) is 9.90 Å². The molecular weight excluding hydrogens is 240 g/mol. The number of rotatable bonds is 3. The lowest BCUT2D eigenvalue weighted by Gasteiger charge is -2.08. The molecule has 0 radical (unpaired) electrons. The van der Waals surface area contributed by atoms with Gasteiger partial charge in [-0.3, -0.25) is 4.68 Å². The Bertz CT molecular complexity index is 642. The van der Waals surface area contributed by atoms with Crippen molar-refractivity contribution < 1.29 is 9.90 Å². The van der Waals surface area contributed by atoms with Crippen molar-refractivity contribution in [3.8, 4) is 11.1 Å². The Balaban J connectivity index is 2.74. The second-order valence-electron chi connectivity index (χ2n) is 4.72. The van der Waals surface area contributed by atoms with Gasteiger partial charge in [-0.25, -0.2) is 4.79 Å². The zero-order valence-corrected chi connectivity index (χ0v) is 11.7. The fraction of sp³-hybridized carbons (Fsp3) is 0.333. The molecule has 0 atom stereocenters. The Morgan fingerprint density at radius 2 is 2.00 bits per heavy atom. The maximum Gasteiger partial charge on any atom is 0.336 e. The molecule has 0 saturated carbocycles. The average molecular weight is 258 g/mol. The second-order valence-corrected chi connectivity index (χ2v) is 4.72. The molecule has 0 aliphatic heterocycles. The first-order valence-corrected chi connectivity index (χ1v) is 6.34. The van der Waals surface area contributed by atoms with E-state index in [0.29, 0.717) is 5.56 Å². The Morgan fingerprint density at radius 3 is 2.53 bits per heavy atom. The minimum atomic E-state index is -0.905. The van der Waals surface area contributed by atoms with Crippen LogP contribution in [0.2, 0.25) is 0 Å². The van der Waals surface area contributed by atoms with Crippen LogP contribution in [0.15, 0.2) is 18.2 Å². The molecule has 0 amide bonds. The lowest BCUT2D eigenvalue weighted by Crippen LogP contribution is -2.02. The molecule has 0 spiro atoms. The minimum Gasteiger partial charge on any atom is -0.478 e. The highest BCUT2D eigenvalue weighted by Gasteiger charge is 2.18. The summed E-state index contributed by atoms with van der Waals surface area (Å²) in [5, 5.41) is 13.8. The van der Waals surface area contributed by atoms with Gasteiger partial charge in [0.15, 0.2) is 0 Å².